The van der Waals surface area contributed by atoms with Gasteiger partial charge in [-0.1, -0.05) is 66.8 Å². The standard InChI is InChI=1S/C29H38ClN3O3S/c30-23-13-10-21(11-14-23)16-18-31-19-17-26(35)33(24-8-4-1-5-9-24)20-6-2-3-7-22-12-15-25(34)27-28(22)37-29(36)32-27/h10-15,24,31,34H,1-9,16-20H2,(H,32,36). The molecule has 1 fully saturated rings. The van der Waals surface area contributed by atoms with Crippen LogP contribution in [-0.4, -0.2) is 46.6 Å². The van der Waals surface area contributed by atoms with Crippen LogP contribution in [0.1, 0.15) is 68.9 Å². The number of halogens is 1. The number of aryl methyl sites for hydroxylation is 1. The van der Waals surface area contributed by atoms with E-state index in [1.54, 1.807) is 6.07 Å². The van der Waals surface area contributed by atoms with E-state index in [9.17, 15) is 14.7 Å². The van der Waals surface area contributed by atoms with Crippen LogP contribution in [0.2, 0.25) is 5.02 Å². The monoisotopic (exact) mass is 543 g/mol. The highest BCUT2D eigenvalue weighted by molar-refractivity contribution is 7.16. The van der Waals surface area contributed by atoms with Gasteiger partial charge in [0.1, 0.15) is 11.3 Å². The molecule has 0 bridgehead atoms. The summed E-state index contributed by atoms with van der Waals surface area (Å²) in [6, 6.07) is 11.9. The molecule has 1 saturated carbocycles. The smallest absolute Gasteiger partial charge is 0.305 e. The van der Waals surface area contributed by atoms with Crippen molar-refractivity contribution in [2.45, 2.75) is 76.7 Å². The number of nitrogens with one attached hydrogen (secondary N) is 2. The van der Waals surface area contributed by atoms with E-state index in [4.69, 9.17) is 11.6 Å². The van der Waals surface area contributed by atoms with E-state index < -0.39 is 0 Å². The lowest BCUT2D eigenvalue weighted by atomic mass is 9.93. The van der Waals surface area contributed by atoms with Crippen LogP contribution in [0.25, 0.3) is 10.2 Å². The van der Waals surface area contributed by atoms with E-state index in [-0.39, 0.29) is 16.5 Å². The maximum atomic E-state index is 13.2. The third-order valence-corrected chi connectivity index (χ3v) is 8.55. The maximum Gasteiger partial charge on any atom is 0.305 e. The van der Waals surface area contributed by atoms with Gasteiger partial charge in [0.05, 0.1) is 4.70 Å². The maximum absolute atomic E-state index is 13.2. The Morgan fingerprint density at radius 3 is 2.59 bits per heavy atom. The molecule has 1 aliphatic carbocycles. The van der Waals surface area contributed by atoms with E-state index in [1.165, 1.54) is 24.8 Å². The molecule has 37 heavy (non-hydrogen) atoms. The Labute approximate surface area is 228 Å². The van der Waals surface area contributed by atoms with Gasteiger partial charge in [-0.3, -0.25) is 9.59 Å². The molecule has 4 rings (SSSR count). The van der Waals surface area contributed by atoms with Crippen molar-refractivity contribution in [3.05, 3.63) is 62.2 Å². The Morgan fingerprint density at radius 2 is 1.81 bits per heavy atom. The highest BCUT2D eigenvalue weighted by Crippen LogP contribution is 2.29. The average molecular weight is 544 g/mol. The lowest BCUT2D eigenvalue weighted by Crippen LogP contribution is -2.43. The number of unbranched alkanes of at least 4 members (excludes halogenated alkanes) is 2. The molecule has 0 atom stereocenters. The van der Waals surface area contributed by atoms with Crippen molar-refractivity contribution in [1.29, 1.82) is 0 Å². The quantitative estimate of drug-likeness (QED) is 0.229. The van der Waals surface area contributed by atoms with Crippen LogP contribution >= 0.6 is 22.9 Å². The van der Waals surface area contributed by atoms with Crippen LogP contribution in [0, 0.1) is 0 Å². The van der Waals surface area contributed by atoms with Gasteiger partial charge in [0.15, 0.2) is 0 Å². The Morgan fingerprint density at radius 1 is 1.03 bits per heavy atom. The minimum absolute atomic E-state index is 0.123. The first-order valence-electron chi connectivity index (χ1n) is 13.6. The van der Waals surface area contributed by atoms with Crippen LogP contribution in [0.15, 0.2) is 41.2 Å². The topological polar surface area (TPSA) is 85.4 Å². The number of phenols is 1. The number of rotatable bonds is 13. The van der Waals surface area contributed by atoms with Gasteiger partial charge in [-0.2, -0.15) is 0 Å². The highest BCUT2D eigenvalue weighted by Gasteiger charge is 2.24. The fourth-order valence-corrected chi connectivity index (χ4v) is 6.32. The third-order valence-electron chi connectivity index (χ3n) is 7.34. The molecular weight excluding hydrogens is 506 g/mol. The predicted molar refractivity (Wildman–Crippen MR) is 153 cm³/mol. The Bertz CT molecular complexity index is 1200. The predicted octanol–water partition coefficient (Wildman–Crippen LogP) is 6.05. The molecule has 0 saturated heterocycles. The van der Waals surface area contributed by atoms with Crippen molar-refractivity contribution < 1.29 is 9.90 Å². The summed E-state index contributed by atoms with van der Waals surface area (Å²) in [6.07, 6.45) is 11.3. The summed E-state index contributed by atoms with van der Waals surface area (Å²) < 4.78 is 0.854. The number of carbonyl (C=O) groups is 1. The Kier molecular flexibility index (Phi) is 10.5. The van der Waals surface area contributed by atoms with E-state index >= 15 is 0 Å². The third kappa shape index (κ3) is 8.06. The summed E-state index contributed by atoms with van der Waals surface area (Å²) >= 11 is 7.11. The van der Waals surface area contributed by atoms with Crippen molar-refractivity contribution in [1.82, 2.24) is 15.2 Å². The van der Waals surface area contributed by atoms with Crippen LogP contribution in [-0.2, 0) is 17.6 Å². The van der Waals surface area contributed by atoms with Gasteiger partial charge in [0, 0.05) is 30.6 Å². The molecule has 1 amide bonds. The fourth-order valence-electron chi connectivity index (χ4n) is 5.30. The molecule has 1 aromatic heterocycles. The molecule has 200 valence electrons. The number of amides is 1. The first kappa shape index (κ1) is 27.7. The fraction of sp³-hybridized carbons (Fsp3) is 0.517. The van der Waals surface area contributed by atoms with Crippen LogP contribution in [0.3, 0.4) is 0 Å². The zero-order valence-corrected chi connectivity index (χ0v) is 23.0. The van der Waals surface area contributed by atoms with Crippen molar-refractivity contribution in [3.63, 3.8) is 0 Å². The summed E-state index contributed by atoms with van der Waals surface area (Å²) in [5, 5.41) is 14.2. The number of thiazole rings is 1. The number of hydrogen-bond acceptors (Lipinski definition) is 5. The van der Waals surface area contributed by atoms with Gasteiger partial charge in [-0.05, 0) is 74.4 Å². The van der Waals surface area contributed by atoms with Crippen molar-refractivity contribution in [2.24, 2.45) is 0 Å². The molecule has 1 heterocycles. The number of benzene rings is 2. The van der Waals surface area contributed by atoms with Crippen molar-refractivity contribution in [2.75, 3.05) is 19.6 Å². The van der Waals surface area contributed by atoms with Crippen LogP contribution in [0.5, 0.6) is 5.75 Å². The lowest BCUT2D eigenvalue weighted by molar-refractivity contribution is -0.134. The van der Waals surface area contributed by atoms with Gasteiger partial charge in [-0.15, -0.1) is 0 Å². The number of aromatic nitrogens is 1. The van der Waals surface area contributed by atoms with E-state index in [2.05, 4.69) is 15.2 Å². The van der Waals surface area contributed by atoms with Gasteiger partial charge < -0.3 is 20.3 Å². The summed E-state index contributed by atoms with van der Waals surface area (Å²) in [4.78, 5) is 29.7. The number of hydrogen-bond donors (Lipinski definition) is 3. The average Bonchev–Trinajstić information content (AvgIpc) is 3.31. The SMILES string of the molecule is O=C(CCNCCc1ccc(Cl)cc1)N(CCCCCc1ccc(O)c2[nH]c(=O)sc12)C1CCCCC1. The summed E-state index contributed by atoms with van der Waals surface area (Å²) in [7, 11) is 0. The lowest BCUT2D eigenvalue weighted by Gasteiger charge is -2.34. The minimum atomic E-state index is -0.140. The first-order chi connectivity index (χ1) is 18.0. The number of carbonyl (C=O) groups excluding carboxylic acids is 1. The second-order valence-corrected chi connectivity index (χ2v) is 11.4. The van der Waals surface area contributed by atoms with Gasteiger partial charge in [0.25, 0.3) is 0 Å². The van der Waals surface area contributed by atoms with E-state index in [1.807, 2.05) is 30.3 Å². The number of fused-ring (bicyclic) bond motifs is 1. The molecule has 3 N–H and O–H groups in total. The molecule has 8 heteroatoms. The molecule has 3 aromatic rings. The molecule has 1 aliphatic rings. The molecule has 2 aromatic carbocycles. The number of aromatic hydroxyl groups is 1. The van der Waals surface area contributed by atoms with Gasteiger partial charge in [0.2, 0.25) is 5.91 Å². The molecule has 0 spiro atoms. The number of phenolic OH excluding ortho intramolecular Hbond substituents is 1. The van der Waals surface area contributed by atoms with Crippen LogP contribution < -0.4 is 10.2 Å². The number of H-pyrrole nitrogens is 1. The Hall–Kier alpha value is -2.35. The molecular formula is C29H38ClN3O3S. The molecule has 0 aliphatic heterocycles. The molecule has 6 nitrogen and oxygen atoms in total. The number of nitrogens with zero attached hydrogens (tertiary/aromatic N) is 1. The molecule has 0 radical (unpaired) electrons. The highest BCUT2D eigenvalue weighted by atomic mass is 35.5. The molecule has 0 unspecified atom stereocenters. The van der Waals surface area contributed by atoms with Crippen LogP contribution in [0.4, 0.5) is 0 Å². The van der Waals surface area contributed by atoms with E-state index in [0.29, 0.717) is 24.5 Å². The normalized spacial score (nSPS) is 14.3. The zero-order valence-electron chi connectivity index (χ0n) is 21.4. The first-order valence-corrected chi connectivity index (χ1v) is 14.8. The zero-order chi connectivity index (χ0) is 26.0. The van der Waals surface area contributed by atoms with Crippen molar-refractivity contribution in [3.8, 4) is 5.75 Å². The van der Waals surface area contributed by atoms with Gasteiger partial charge >= 0.3 is 4.87 Å². The summed E-state index contributed by atoms with van der Waals surface area (Å²) in [6.45, 7) is 2.36. The second kappa shape index (κ2) is 14.0. The summed E-state index contributed by atoms with van der Waals surface area (Å²) in [5.74, 6) is 0.390. The van der Waals surface area contributed by atoms with Gasteiger partial charge in [-0.25, -0.2) is 0 Å². The number of aromatic amines is 1. The van der Waals surface area contributed by atoms with E-state index in [0.717, 1.165) is 84.7 Å². The Balaban J connectivity index is 1.21. The summed E-state index contributed by atoms with van der Waals surface area (Å²) in [5.41, 5.74) is 2.88. The van der Waals surface area contributed by atoms with Crippen molar-refractivity contribution >= 4 is 39.1 Å². The minimum Gasteiger partial charge on any atom is -0.506 e. The largest absolute Gasteiger partial charge is 0.506 e. The second-order valence-electron chi connectivity index (χ2n) is 10.0.